The zero-order chi connectivity index (χ0) is 14.8. The summed E-state index contributed by atoms with van der Waals surface area (Å²) in [5.41, 5.74) is 1.17. The largest absolute Gasteiger partial charge is 0.379 e. The third-order valence-electron chi connectivity index (χ3n) is 3.29. The lowest BCUT2D eigenvalue weighted by atomic mass is 9.83. The summed E-state index contributed by atoms with van der Waals surface area (Å²) < 4.78 is 8.82. The predicted molar refractivity (Wildman–Crippen MR) is 82.4 cm³/mol. The second-order valence-corrected chi connectivity index (χ2v) is 7.06. The Hall–Kier alpha value is -0.390. The number of ether oxygens (including phenoxy) is 1. The SMILES string of the molecule is CNC(c1c(Br)cnn1C(C)C)C(OC)C(C)(C)C. The maximum atomic E-state index is 5.76. The van der Waals surface area contributed by atoms with Crippen molar-refractivity contribution in [3.05, 3.63) is 16.4 Å². The van der Waals surface area contributed by atoms with E-state index in [9.17, 15) is 0 Å². The molecule has 1 N–H and O–H groups in total. The molecule has 0 fully saturated rings. The van der Waals surface area contributed by atoms with Gasteiger partial charge in [0.2, 0.25) is 0 Å². The van der Waals surface area contributed by atoms with Crippen molar-refractivity contribution in [2.24, 2.45) is 5.41 Å². The molecule has 5 heteroatoms. The topological polar surface area (TPSA) is 39.1 Å². The van der Waals surface area contributed by atoms with Gasteiger partial charge in [0.1, 0.15) is 0 Å². The van der Waals surface area contributed by atoms with Crippen molar-refractivity contribution in [3.8, 4) is 0 Å². The van der Waals surface area contributed by atoms with Gasteiger partial charge in [0.05, 0.1) is 28.5 Å². The average molecular weight is 332 g/mol. The summed E-state index contributed by atoms with van der Waals surface area (Å²) in [5.74, 6) is 0. The van der Waals surface area contributed by atoms with Gasteiger partial charge in [-0.3, -0.25) is 4.68 Å². The zero-order valence-electron chi connectivity index (χ0n) is 13.0. The summed E-state index contributed by atoms with van der Waals surface area (Å²) in [7, 11) is 3.73. The van der Waals surface area contributed by atoms with Gasteiger partial charge in [0.25, 0.3) is 0 Å². The van der Waals surface area contributed by atoms with Gasteiger partial charge in [-0.15, -0.1) is 0 Å². The summed E-state index contributed by atoms with van der Waals surface area (Å²) in [4.78, 5) is 0. The highest BCUT2D eigenvalue weighted by atomic mass is 79.9. The summed E-state index contributed by atoms with van der Waals surface area (Å²) in [6.07, 6.45) is 1.91. The monoisotopic (exact) mass is 331 g/mol. The fourth-order valence-electron chi connectivity index (χ4n) is 2.47. The molecule has 2 unspecified atom stereocenters. The summed E-state index contributed by atoms with van der Waals surface area (Å²) >= 11 is 3.61. The smallest absolute Gasteiger partial charge is 0.0829 e. The number of methoxy groups -OCH3 is 1. The van der Waals surface area contributed by atoms with Crippen molar-refractivity contribution in [1.82, 2.24) is 15.1 Å². The molecule has 2 atom stereocenters. The number of nitrogens with zero attached hydrogens (tertiary/aromatic N) is 2. The van der Waals surface area contributed by atoms with Crippen LogP contribution in [0.2, 0.25) is 0 Å². The Labute approximate surface area is 125 Å². The molecule has 0 aliphatic heterocycles. The molecule has 1 rings (SSSR count). The molecule has 0 saturated heterocycles. The molecule has 4 nitrogen and oxygen atoms in total. The minimum absolute atomic E-state index is 0.0357. The van der Waals surface area contributed by atoms with E-state index in [0.29, 0.717) is 6.04 Å². The summed E-state index contributed by atoms with van der Waals surface area (Å²) in [6, 6.07) is 0.402. The standard InChI is InChI=1S/C14H26BrN3O/c1-9(2)18-12(10(15)8-17-18)11(16-6)13(19-7)14(3,4)5/h8-9,11,13,16H,1-7H3. The third kappa shape index (κ3) is 3.58. The first-order valence-electron chi connectivity index (χ1n) is 6.67. The van der Waals surface area contributed by atoms with Crippen LogP contribution in [-0.4, -0.2) is 30.0 Å². The quantitative estimate of drug-likeness (QED) is 0.896. The number of hydrogen-bond donors (Lipinski definition) is 1. The van der Waals surface area contributed by atoms with Gasteiger partial charge in [0, 0.05) is 13.2 Å². The maximum absolute atomic E-state index is 5.76. The normalized spacial score (nSPS) is 15.8. The summed E-state index contributed by atoms with van der Waals surface area (Å²) in [5, 5.41) is 7.84. The van der Waals surface area contributed by atoms with E-state index in [-0.39, 0.29) is 17.6 Å². The van der Waals surface area contributed by atoms with Crippen LogP contribution in [0.1, 0.15) is 52.4 Å². The van der Waals surface area contributed by atoms with Crippen molar-refractivity contribution in [1.29, 1.82) is 0 Å². The molecule has 19 heavy (non-hydrogen) atoms. The molecule has 0 aliphatic carbocycles. The highest BCUT2D eigenvalue weighted by Crippen LogP contribution is 2.36. The van der Waals surface area contributed by atoms with Gasteiger partial charge < -0.3 is 10.1 Å². The molecule has 1 aromatic rings. The first-order valence-corrected chi connectivity index (χ1v) is 7.46. The van der Waals surface area contributed by atoms with Gasteiger partial charge in [-0.2, -0.15) is 5.10 Å². The Balaban J connectivity index is 3.26. The van der Waals surface area contributed by atoms with E-state index >= 15 is 0 Å². The molecule has 0 bridgehead atoms. The molecular formula is C14H26BrN3O. The molecule has 0 spiro atoms. The zero-order valence-corrected chi connectivity index (χ0v) is 14.6. The number of aromatic nitrogens is 2. The maximum Gasteiger partial charge on any atom is 0.0829 e. The van der Waals surface area contributed by atoms with Crippen LogP contribution >= 0.6 is 15.9 Å². The Morgan fingerprint density at radius 3 is 2.32 bits per heavy atom. The molecular weight excluding hydrogens is 306 g/mol. The van der Waals surface area contributed by atoms with Crippen molar-refractivity contribution in [2.45, 2.75) is 52.8 Å². The fraction of sp³-hybridized carbons (Fsp3) is 0.786. The van der Waals surface area contributed by atoms with Crippen LogP contribution in [0.15, 0.2) is 10.7 Å². The van der Waals surface area contributed by atoms with Crippen molar-refractivity contribution >= 4 is 15.9 Å². The molecule has 1 heterocycles. The van der Waals surface area contributed by atoms with E-state index in [0.717, 1.165) is 10.2 Å². The van der Waals surface area contributed by atoms with Crippen LogP contribution in [0.5, 0.6) is 0 Å². The van der Waals surface area contributed by atoms with Crippen LogP contribution in [0.3, 0.4) is 0 Å². The number of rotatable bonds is 5. The van der Waals surface area contributed by atoms with E-state index < -0.39 is 0 Å². The molecule has 0 saturated carbocycles. The molecule has 1 aromatic heterocycles. The van der Waals surface area contributed by atoms with Crippen molar-refractivity contribution < 1.29 is 4.74 Å². The Kier molecular flexibility index (Phi) is 5.59. The molecule has 0 radical (unpaired) electrons. The van der Waals surface area contributed by atoms with Crippen molar-refractivity contribution in [3.63, 3.8) is 0 Å². The lowest BCUT2D eigenvalue weighted by Gasteiger charge is -2.36. The molecule has 0 aromatic carbocycles. The molecule has 110 valence electrons. The van der Waals surface area contributed by atoms with Gasteiger partial charge >= 0.3 is 0 Å². The number of likely N-dealkylation sites (N-methyl/N-ethyl adjacent to an activating group) is 1. The minimum atomic E-state index is 0.0357. The van der Waals surface area contributed by atoms with Gasteiger partial charge in [0.15, 0.2) is 0 Å². The summed E-state index contributed by atoms with van der Waals surface area (Å²) in [6.45, 7) is 10.8. The average Bonchev–Trinajstić information content (AvgIpc) is 2.66. The lowest BCUT2D eigenvalue weighted by Crippen LogP contribution is -2.41. The number of halogens is 1. The van der Waals surface area contributed by atoms with Crippen LogP contribution < -0.4 is 5.32 Å². The Morgan fingerprint density at radius 1 is 1.37 bits per heavy atom. The van der Waals surface area contributed by atoms with Crippen LogP contribution in [0.4, 0.5) is 0 Å². The first kappa shape index (κ1) is 16.7. The van der Waals surface area contributed by atoms with E-state index in [1.165, 1.54) is 0 Å². The molecule has 0 aliphatic rings. The third-order valence-corrected chi connectivity index (χ3v) is 3.90. The Bertz CT molecular complexity index is 409. The van der Waals surface area contributed by atoms with Gasteiger partial charge in [-0.05, 0) is 42.2 Å². The lowest BCUT2D eigenvalue weighted by molar-refractivity contribution is -0.0126. The minimum Gasteiger partial charge on any atom is -0.379 e. The van der Waals surface area contributed by atoms with Gasteiger partial charge in [-0.25, -0.2) is 0 Å². The van der Waals surface area contributed by atoms with Gasteiger partial charge in [-0.1, -0.05) is 20.8 Å². The van der Waals surface area contributed by atoms with Crippen molar-refractivity contribution in [2.75, 3.05) is 14.2 Å². The predicted octanol–water partition coefficient (Wildman–Crippen LogP) is 3.55. The van der Waals surface area contributed by atoms with E-state index in [4.69, 9.17) is 4.74 Å². The number of hydrogen-bond acceptors (Lipinski definition) is 3. The van der Waals surface area contributed by atoms with E-state index in [2.05, 4.69) is 61.0 Å². The molecule has 0 amide bonds. The van der Waals surface area contributed by atoms with Crippen LogP contribution in [0.25, 0.3) is 0 Å². The van der Waals surface area contributed by atoms with E-state index in [1.54, 1.807) is 7.11 Å². The highest BCUT2D eigenvalue weighted by Gasteiger charge is 2.35. The highest BCUT2D eigenvalue weighted by molar-refractivity contribution is 9.10. The van der Waals surface area contributed by atoms with Crippen LogP contribution in [-0.2, 0) is 4.74 Å². The second kappa shape index (κ2) is 6.37. The van der Waals surface area contributed by atoms with Crippen LogP contribution in [0, 0.1) is 5.41 Å². The number of nitrogens with one attached hydrogen (secondary N) is 1. The van der Waals surface area contributed by atoms with E-state index in [1.807, 2.05) is 17.9 Å². The second-order valence-electron chi connectivity index (χ2n) is 6.20. The first-order chi connectivity index (χ1) is 8.73. The Morgan fingerprint density at radius 2 is 1.95 bits per heavy atom. The fourth-order valence-corrected chi connectivity index (χ4v) is 2.99.